The van der Waals surface area contributed by atoms with Gasteiger partial charge in [0.25, 0.3) is 0 Å². The Morgan fingerprint density at radius 3 is 1.17 bits per heavy atom. The summed E-state index contributed by atoms with van der Waals surface area (Å²) in [5.41, 5.74) is 24.7. The summed E-state index contributed by atoms with van der Waals surface area (Å²) in [6.07, 6.45) is 11.3. The highest BCUT2D eigenvalue weighted by molar-refractivity contribution is 6.33. The monoisotopic (exact) mass is 919 g/mol. The van der Waals surface area contributed by atoms with Crippen LogP contribution in [0.1, 0.15) is 239 Å². The van der Waals surface area contributed by atoms with Crippen molar-refractivity contribution >= 4 is 76.2 Å². The number of hydrogen-bond donors (Lipinski definition) is 0. The number of fused-ring (bicyclic) bond motifs is 28. The van der Waals surface area contributed by atoms with Gasteiger partial charge in [0.05, 0.1) is 56.4 Å². The van der Waals surface area contributed by atoms with Gasteiger partial charge in [-0.1, -0.05) is 96.9 Å². The van der Waals surface area contributed by atoms with Gasteiger partial charge < -0.3 is 8.80 Å². The molecular formula is C66H70N4. The molecule has 4 heteroatoms. The topological polar surface area (TPSA) is 56.4 Å². The predicted octanol–water partition coefficient (Wildman–Crippen LogP) is 17.6. The lowest BCUT2D eigenvalue weighted by Gasteiger charge is -2.25. The third-order valence-electron chi connectivity index (χ3n) is 20.2. The number of nitriles is 2. The zero-order valence-corrected chi connectivity index (χ0v) is 44.5. The Morgan fingerprint density at radius 1 is 0.471 bits per heavy atom. The van der Waals surface area contributed by atoms with E-state index in [-0.39, 0.29) is 32.5 Å². The molecule has 354 valence electrons. The molecule has 2 saturated carbocycles. The summed E-state index contributed by atoms with van der Waals surface area (Å²) in [4.78, 5) is 0. The fourth-order valence-electron chi connectivity index (χ4n) is 18.9. The highest BCUT2D eigenvalue weighted by Gasteiger charge is 2.50. The highest BCUT2D eigenvalue weighted by atomic mass is 15.0. The molecule has 0 spiro atoms. The lowest BCUT2D eigenvalue weighted by Crippen LogP contribution is -2.18. The Hall–Kier alpha value is -5.32. The molecule has 0 amide bonds. The van der Waals surface area contributed by atoms with Crippen LogP contribution in [0.25, 0.3) is 76.2 Å². The van der Waals surface area contributed by atoms with Crippen molar-refractivity contribution in [3.05, 3.63) is 91.0 Å². The van der Waals surface area contributed by atoms with Gasteiger partial charge in [-0.25, -0.2) is 0 Å². The fraction of sp³-hybridized carbons (Fsp3) is 0.515. The molecule has 0 aliphatic heterocycles. The van der Waals surface area contributed by atoms with Crippen LogP contribution in [0.2, 0.25) is 0 Å². The molecule has 4 aromatic heterocycles. The van der Waals surface area contributed by atoms with Gasteiger partial charge in [0, 0.05) is 43.1 Å². The van der Waals surface area contributed by atoms with Gasteiger partial charge in [0.2, 0.25) is 0 Å². The standard InChI is InChI=1S/C66H70N4/c1-61(2,3)25-39-49-37-23-41-55(65(11,12)29-63(41,7)8)53-52-44(22-36(28-68)46-32-16-18-34(20-32)48(46)52)70(57(37)53)60(49)40(26-62(4,5)6)50-38-24-42-56(66(13,14)30-64(42,9)10)54-51-43(69(58(38)54)59(39)50)21-35(27-67)45-31-15-17-33(19-31)47(45)51/h21-24,31-34H,15-20,25-26,29-30H2,1-14H3. The fourth-order valence-corrected chi connectivity index (χ4v) is 18.9. The molecule has 6 aliphatic rings. The van der Waals surface area contributed by atoms with E-state index < -0.39 is 0 Å². The maximum Gasteiger partial charge on any atom is 0.0995 e. The third kappa shape index (κ3) is 4.81. The SMILES string of the molecule is CC(C)(C)Cc1c2c3cc4c(c5c6c7c(c(C#N)cc6n(c2c(CC(C)(C)C)c2c6cc8c(c9c%10c%11c(c(C#N)cc%10n(c12)c69)C1CCC%11C1)C(C)(C)CC8(C)C)c35)C1CCC7C1)C(C)(C)CC4(C)C. The molecule has 5 aromatic carbocycles. The molecule has 4 nitrogen and oxygen atoms in total. The van der Waals surface area contributed by atoms with Crippen molar-refractivity contribution in [1.82, 2.24) is 8.80 Å². The van der Waals surface area contributed by atoms with Crippen molar-refractivity contribution in [2.75, 3.05) is 0 Å². The first-order valence-electron chi connectivity index (χ1n) is 27.3. The van der Waals surface area contributed by atoms with E-state index in [2.05, 4.69) is 142 Å². The van der Waals surface area contributed by atoms with Crippen molar-refractivity contribution in [3.8, 4) is 12.1 Å². The Bertz CT molecular complexity index is 3800. The molecule has 70 heavy (non-hydrogen) atoms. The Morgan fingerprint density at radius 2 is 0.829 bits per heavy atom. The van der Waals surface area contributed by atoms with Gasteiger partial charge in [-0.15, -0.1) is 0 Å². The maximum absolute atomic E-state index is 11.2. The maximum atomic E-state index is 11.2. The quantitative estimate of drug-likeness (QED) is 0.173. The van der Waals surface area contributed by atoms with Crippen LogP contribution in [0.4, 0.5) is 0 Å². The molecular weight excluding hydrogens is 849 g/mol. The van der Waals surface area contributed by atoms with Crippen LogP contribution in [0.15, 0.2) is 24.3 Å². The summed E-state index contributed by atoms with van der Waals surface area (Å²) in [7, 11) is 0. The smallest absolute Gasteiger partial charge is 0.0995 e. The number of aromatic nitrogens is 2. The molecule has 0 saturated heterocycles. The van der Waals surface area contributed by atoms with E-state index in [1.54, 1.807) is 11.1 Å². The van der Waals surface area contributed by atoms with Crippen LogP contribution in [0.5, 0.6) is 0 Å². The summed E-state index contributed by atoms with van der Waals surface area (Å²) in [6.45, 7) is 34.8. The van der Waals surface area contributed by atoms with Gasteiger partial charge >= 0.3 is 0 Å². The van der Waals surface area contributed by atoms with Gasteiger partial charge in [0.15, 0.2) is 0 Å². The molecule has 4 unspecified atom stereocenters. The predicted molar refractivity (Wildman–Crippen MR) is 292 cm³/mol. The molecule has 2 fully saturated rings. The number of benzene rings is 5. The van der Waals surface area contributed by atoms with Crippen molar-refractivity contribution in [1.29, 1.82) is 10.5 Å². The van der Waals surface area contributed by atoms with Gasteiger partial charge in [0.1, 0.15) is 0 Å². The average Bonchev–Trinajstić information content (AvgIpc) is 4.13. The zero-order valence-electron chi connectivity index (χ0n) is 44.5. The molecule has 6 aliphatic carbocycles. The van der Waals surface area contributed by atoms with Crippen molar-refractivity contribution in [3.63, 3.8) is 0 Å². The van der Waals surface area contributed by atoms with Crippen LogP contribution in [0, 0.1) is 33.5 Å². The Balaban J connectivity index is 1.28. The highest BCUT2D eigenvalue weighted by Crippen LogP contribution is 2.65. The van der Waals surface area contributed by atoms with E-state index in [9.17, 15) is 10.5 Å². The first-order valence-corrected chi connectivity index (χ1v) is 27.3. The number of hydrogen-bond acceptors (Lipinski definition) is 2. The Kier molecular flexibility index (Phi) is 7.44. The van der Waals surface area contributed by atoms with Gasteiger partial charge in [-0.05, 0) is 200 Å². The van der Waals surface area contributed by atoms with Crippen molar-refractivity contribution < 1.29 is 0 Å². The van der Waals surface area contributed by atoms with E-state index in [1.807, 2.05) is 0 Å². The summed E-state index contributed by atoms with van der Waals surface area (Å²) in [6, 6.07) is 15.8. The van der Waals surface area contributed by atoms with E-state index in [1.165, 1.54) is 159 Å². The normalized spacial score (nSPS) is 24.5. The molecule has 0 N–H and O–H groups in total. The first kappa shape index (κ1) is 42.4. The molecule has 9 aromatic rings. The van der Waals surface area contributed by atoms with Crippen LogP contribution in [0.3, 0.4) is 0 Å². The van der Waals surface area contributed by atoms with E-state index in [0.717, 1.165) is 36.8 Å². The summed E-state index contributed by atoms with van der Waals surface area (Å²) >= 11 is 0. The van der Waals surface area contributed by atoms with Crippen molar-refractivity contribution in [2.45, 2.75) is 206 Å². The summed E-state index contributed by atoms with van der Waals surface area (Å²) in [5.74, 6) is 2.01. The van der Waals surface area contributed by atoms with E-state index in [4.69, 9.17) is 0 Å². The molecule has 4 bridgehead atoms. The number of nitrogens with zero attached hydrogens (tertiary/aromatic N) is 4. The van der Waals surface area contributed by atoms with Gasteiger partial charge in [-0.2, -0.15) is 10.5 Å². The lowest BCUT2D eigenvalue weighted by atomic mass is 9.78. The second kappa shape index (κ2) is 12.3. The second-order valence-electron chi connectivity index (χ2n) is 29.5. The minimum atomic E-state index is -0.0294. The Labute approximate surface area is 414 Å². The van der Waals surface area contributed by atoms with Crippen LogP contribution >= 0.6 is 0 Å². The van der Waals surface area contributed by atoms with Crippen LogP contribution < -0.4 is 0 Å². The largest absolute Gasteiger partial charge is 0.308 e. The average molecular weight is 919 g/mol. The third-order valence-corrected chi connectivity index (χ3v) is 20.2. The van der Waals surface area contributed by atoms with Crippen LogP contribution in [-0.2, 0) is 34.5 Å². The molecule has 4 atom stereocenters. The van der Waals surface area contributed by atoms with Crippen LogP contribution in [-0.4, -0.2) is 8.80 Å². The van der Waals surface area contributed by atoms with E-state index in [0.29, 0.717) is 23.7 Å². The molecule has 15 rings (SSSR count). The lowest BCUT2D eigenvalue weighted by molar-refractivity contribution is 0.404. The molecule has 4 heterocycles. The van der Waals surface area contributed by atoms with Crippen molar-refractivity contribution in [2.24, 2.45) is 10.8 Å². The van der Waals surface area contributed by atoms with E-state index >= 15 is 0 Å². The first-order chi connectivity index (χ1) is 32.9. The van der Waals surface area contributed by atoms with Gasteiger partial charge in [-0.3, -0.25) is 0 Å². The summed E-state index contributed by atoms with van der Waals surface area (Å²) < 4.78 is 5.55. The minimum Gasteiger partial charge on any atom is -0.308 e. The number of rotatable bonds is 2. The second-order valence-corrected chi connectivity index (χ2v) is 29.5. The zero-order chi connectivity index (χ0) is 48.8. The minimum absolute atomic E-state index is 0.00269. The molecule has 0 radical (unpaired) electrons. The summed E-state index contributed by atoms with van der Waals surface area (Å²) in [5, 5.41) is 34.0.